The van der Waals surface area contributed by atoms with Crippen molar-refractivity contribution in [3.8, 4) is 27.6 Å². The monoisotopic (exact) mass is 471 g/mol. The van der Waals surface area contributed by atoms with E-state index in [1.165, 1.54) is 11.3 Å². The number of hydrogen-bond acceptors (Lipinski definition) is 6. The zero-order valence-electron chi connectivity index (χ0n) is 18.2. The topological polar surface area (TPSA) is 64.1 Å². The number of aryl methyl sites for hydroxylation is 1. The molecule has 0 fully saturated rings. The van der Waals surface area contributed by atoms with Gasteiger partial charge in [0.25, 0.3) is 5.91 Å². The van der Waals surface area contributed by atoms with Gasteiger partial charge < -0.3 is 4.74 Å². The van der Waals surface area contributed by atoms with E-state index in [-0.39, 0.29) is 5.91 Å². The molecule has 3 aromatic heterocycles. The van der Waals surface area contributed by atoms with Crippen molar-refractivity contribution in [1.29, 1.82) is 0 Å². The minimum atomic E-state index is -0.196. The van der Waals surface area contributed by atoms with Crippen LogP contribution in [0.15, 0.2) is 72.1 Å². The van der Waals surface area contributed by atoms with Crippen molar-refractivity contribution in [2.75, 3.05) is 11.9 Å². The Morgan fingerprint density at radius 1 is 1.03 bits per heavy atom. The van der Waals surface area contributed by atoms with Crippen LogP contribution in [-0.2, 0) is 0 Å². The van der Waals surface area contributed by atoms with Crippen LogP contribution in [-0.4, -0.2) is 22.5 Å². The van der Waals surface area contributed by atoms with Crippen LogP contribution in [0, 0.1) is 6.92 Å². The second kappa shape index (κ2) is 9.13. The number of amides is 1. The average molecular weight is 472 g/mol. The van der Waals surface area contributed by atoms with Crippen LogP contribution in [0.2, 0.25) is 0 Å². The third-order valence-corrected chi connectivity index (χ3v) is 6.97. The number of anilines is 1. The summed E-state index contributed by atoms with van der Waals surface area (Å²) in [7, 11) is 0. The maximum absolute atomic E-state index is 13.3. The largest absolute Gasteiger partial charge is 0.494 e. The maximum atomic E-state index is 13.3. The van der Waals surface area contributed by atoms with E-state index < -0.39 is 0 Å². The number of ether oxygens (including phenoxy) is 1. The number of aromatic nitrogens is 2. The lowest BCUT2D eigenvalue weighted by Gasteiger charge is -2.08. The number of fused-ring (bicyclic) bond motifs is 1. The molecule has 0 atom stereocenters. The number of thiazole rings is 1. The molecular weight excluding hydrogens is 450 g/mol. The summed E-state index contributed by atoms with van der Waals surface area (Å²) in [6.45, 7) is 4.60. The lowest BCUT2D eigenvalue weighted by atomic mass is 10.1. The van der Waals surface area contributed by atoms with Gasteiger partial charge in [-0.15, -0.1) is 22.7 Å². The zero-order valence-corrected chi connectivity index (χ0v) is 19.8. The Morgan fingerprint density at radius 2 is 1.85 bits per heavy atom. The molecule has 5 nitrogen and oxygen atoms in total. The molecule has 7 heteroatoms. The fourth-order valence-corrected chi connectivity index (χ4v) is 5.19. The highest BCUT2D eigenvalue weighted by molar-refractivity contribution is 7.16. The van der Waals surface area contributed by atoms with Gasteiger partial charge in [0.05, 0.1) is 34.0 Å². The molecule has 3 heterocycles. The van der Waals surface area contributed by atoms with E-state index in [2.05, 4.69) is 5.32 Å². The molecule has 2 aromatic carbocycles. The SMILES string of the molecule is CCOc1ccc(-c2nc(NC(=O)c3cc(-c4cccs4)nc4ccccc34)sc2C)cc1. The maximum Gasteiger partial charge on any atom is 0.258 e. The van der Waals surface area contributed by atoms with Crippen LogP contribution >= 0.6 is 22.7 Å². The number of para-hydroxylation sites is 1. The molecular formula is C26H21N3O2S2. The van der Waals surface area contributed by atoms with Crippen molar-refractivity contribution in [2.45, 2.75) is 13.8 Å². The summed E-state index contributed by atoms with van der Waals surface area (Å²) >= 11 is 3.07. The van der Waals surface area contributed by atoms with Crippen LogP contribution in [0.3, 0.4) is 0 Å². The van der Waals surface area contributed by atoms with Gasteiger partial charge in [-0.2, -0.15) is 0 Å². The molecule has 5 rings (SSSR count). The van der Waals surface area contributed by atoms with Crippen LogP contribution in [0.1, 0.15) is 22.2 Å². The van der Waals surface area contributed by atoms with Gasteiger partial charge in [-0.3, -0.25) is 10.1 Å². The number of hydrogen-bond donors (Lipinski definition) is 1. The summed E-state index contributed by atoms with van der Waals surface area (Å²) in [5.41, 5.74) is 4.01. The highest BCUT2D eigenvalue weighted by atomic mass is 32.1. The van der Waals surface area contributed by atoms with E-state index in [0.29, 0.717) is 17.3 Å². The number of nitrogens with one attached hydrogen (secondary N) is 1. The van der Waals surface area contributed by atoms with Gasteiger partial charge in [-0.05, 0) is 61.7 Å². The Morgan fingerprint density at radius 3 is 2.61 bits per heavy atom. The first-order valence-corrected chi connectivity index (χ1v) is 12.3. The zero-order chi connectivity index (χ0) is 22.8. The summed E-state index contributed by atoms with van der Waals surface area (Å²) in [5.74, 6) is 0.632. The van der Waals surface area contributed by atoms with Gasteiger partial charge in [-0.25, -0.2) is 9.97 Å². The third kappa shape index (κ3) is 4.37. The number of carbonyl (C=O) groups excluding carboxylic acids is 1. The Balaban J connectivity index is 1.46. The van der Waals surface area contributed by atoms with Crippen LogP contribution in [0.5, 0.6) is 5.75 Å². The van der Waals surface area contributed by atoms with E-state index in [4.69, 9.17) is 14.7 Å². The van der Waals surface area contributed by atoms with Gasteiger partial charge in [-0.1, -0.05) is 24.3 Å². The van der Waals surface area contributed by atoms with Gasteiger partial charge in [0.15, 0.2) is 5.13 Å². The van der Waals surface area contributed by atoms with E-state index in [1.807, 2.05) is 86.0 Å². The minimum absolute atomic E-state index is 0.196. The second-order valence-corrected chi connectivity index (χ2v) is 9.54. The molecule has 0 radical (unpaired) electrons. The molecule has 5 aromatic rings. The fourth-order valence-electron chi connectivity index (χ4n) is 3.67. The van der Waals surface area contributed by atoms with E-state index >= 15 is 0 Å². The highest BCUT2D eigenvalue weighted by Crippen LogP contribution is 2.33. The number of pyridine rings is 1. The molecule has 0 aliphatic carbocycles. The molecule has 1 amide bonds. The Bertz CT molecular complexity index is 1420. The Hall–Kier alpha value is -3.55. The number of thiophene rings is 1. The minimum Gasteiger partial charge on any atom is -0.494 e. The Kier molecular flexibility index (Phi) is 5.90. The highest BCUT2D eigenvalue weighted by Gasteiger charge is 2.17. The van der Waals surface area contributed by atoms with Gasteiger partial charge in [0, 0.05) is 15.8 Å². The number of benzene rings is 2. The summed E-state index contributed by atoms with van der Waals surface area (Å²) in [4.78, 5) is 24.9. The smallest absolute Gasteiger partial charge is 0.258 e. The molecule has 0 unspecified atom stereocenters. The number of nitrogens with zero attached hydrogens (tertiary/aromatic N) is 2. The first-order chi connectivity index (χ1) is 16.1. The van der Waals surface area contributed by atoms with Crippen LogP contribution in [0.4, 0.5) is 5.13 Å². The van der Waals surface area contributed by atoms with Gasteiger partial charge in [0.1, 0.15) is 5.75 Å². The molecule has 0 spiro atoms. The predicted octanol–water partition coefficient (Wildman–Crippen LogP) is 7.05. The Labute approximate surface area is 199 Å². The lowest BCUT2D eigenvalue weighted by molar-refractivity contribution is 0.102. The molecule has 33 heavy (non-hydrogen) atoms. The summed E-state index contributed by atoms with van der Waals surface area (Å²) in [5, 5.41) is 6.40. The molecule has 0 saturated carbocycles. The van der Waals surface area contributed by atoms with Crippen molar-refractivity contribution in [3.63, 3.8) is 0 Å². The van der Waals surface area contributed by atoms with Gasteiger partial charge >= 0.3 is 0 Å². The fraction of sp³-hybridized carbons (Fsp3) is 0.115. The van der Waals surface area contributed by atoms with E-state index in [0.717, 1.165) is 43.4 Å². The first kappa shape index (κ1) is 21.3. The molecule has 0 bridgehead atoms. The summed E-state index contributed by atoms with van der Waals surface area (Å²) in [6, 6.07) is 21.4. The van der Waals surface area contributed by atoms with Crippen molar-refractivity contribution in [3.05, 3.63) is 82.6 Å². The summed E-state index contributed by atoms with van der Waals surface area (Å²) < 4.78 is 5.53. The van der Waals surface area contributed by atoms with Crippen molar-refractivity contribution >= 4 is 44.6 Å². The quantitative estimate of drug-likeness (QED) is 0.288. The van der Waals surface area contributed by atoms with Crippen LogP contribution in [0.25, 0.3) is 32.7 Å². The van der Waals surface area contributed by atoms with E-state index in [1.54, 1.807) is 11.3 Å². The van der Waals surface area contributed by atoms with Crippen molar-refractivity contribution in [1.82, 2.24) is 9.97 Å². The third-order valence-electron chi connectivity index (χ3n) is 5.19. The average Bonchev–Trinajstić information content (AvgIpc) is 3.49. The molecule has 1 N–H and O–H groups in total. The van der Waals surface area contributed by atoms with Crippen molar-refractivity contribution < 1.29 is 9.53 Å². The van der Waals surface area contributed by atoms with Gasteiger partial charge in [0.2, 0.25) is 0 Å². The number of rotatable bonds is 6. The summed E-state index contributed by atoms with van der Waals surface area (Å²) in [6.07, 6.45) is 0. The normalized spacial score (nSPS) is 11.0. The van der Waals surface area contributed by atoms with Crippen LogP contribution < -0.4 is 10.1 Å². The lowest BCUT2D eigenvalue weighted by Crippen LogP contribution is -2.13. The molecule has 0 saturated heterocycles. The predicted molar refractivity (Wildman–Crippen MR) is 136 cm³/mol. The van der Waals surface area contributed by atoms with Crippen molar-refractivity contribution in [2.24, 2.45) is 0 Å². The first-order valence-electron chi connectivity index (χ1n) is 10.6. The number of carbonyl (C=O) groups is 1. The molecule has 0 aliphatic heterocycles. The molecule has 164 valence electrons. The second-order valence-electron chi connectivity index (χ2n) is 7.38. The standard InChI is InChI=1S/C26H21N3O2S2/c1-3-31-18-12-10-17(11-13-18)24-16(2)33-26(28-24)29-25(30)20-15-22(23-9-6-14-32-23)27-21-8-5-4-7-19(20)21/h4-15H,3H2,1-2H3,(H,28,29,30). The van der Waals surface area contributed by atoms with E-state index in [9.17, 15) is 4.79 Å². The molecule has 0 aliphatic rings.